The van der Waals surface area contributed by atoms with Crippen molar-refractivity contribution < 1.29 is 0 Å². The van der Waals surface area contributed by atoms with Crippen molar-refractivity contribution in [2.75, 3.05) is 6.54 Å². The Kier molecular flexibility index (Phi) is 6.43. The Morgan fingerprint density at radius 1 is 1.41 bits per heavy atom. The zero-order valence-corrected chi connectivity index (χ0v) is 11.0. The predicted octanol–water partition coefficient (Wildman–Crippen LogP) is 3.84. The van der Waals surface area contributed by atoms with Crippen LogP contribution >= 0.6 is 0 Å². The maximum absolute atomic E-state index is 5.31. The van der Waals surface area contributed by atoms with Gasteiger partial charge < -0.3 is 5.32 Å². The van der Waals surface area contributed by atoms with Gasteiger partial charge in [-0.25, -0.2) is 0 Å². The van der Waals surface area contributed by atoms with Gasteiger partial charge in [0.15, 0.2) is 0 Å². The Balaban J connectivity index is 2.64. The molecule has 0 heterocycles. The van der Waals surface area contributed by atoms with Gasteiger partial charge in [-0.1, -0.05) is 36.8 Å². The Morgan fingerprint density at radius 3 is 2.88 bits per heavy atom. The minimum atomic E-state index is 0.447. The lowest BCUT2D eigenvalue weighted by molar-refractivity contribution is 0.487. The van der Waals surface area contributed by atoms with Gasteiger partial charge in [0.1, 0.15) is 0 Å². The first-order valence-corrected chi connectivity index (χ1v) is 6.51. The molecule has 1 rings (SSSR count). The fourth-order valence-corrected chi connectivity index (χ4v) is 2.00. The van der Waals surface area contributed by atoms with Gasteiger partial charge in [-0.05, 0) is 38.3 Å². The molecule has 0 aliphatic rings. The van der Waals surface area contributed by atoms with Crippen LogP contribution in [0.3, 0.4) is 0 Å². The minimum Gasteiger partial charge on any atom is -0.310 e. The highest BCUT2D eigenvalue weighted by molar-refractivity contribution is 5.25. The van der Waals surface area contributed by atoms with Crippen LogP contribution in [0.15, 0.2) is 24.3 Å². The Labute approximate surface area is 106 Å². The van der Waals surface area contributed by atoms with E-state index in [0.717, 1.165) is 32.2 Å². The largest absolute Gasteiger partial charge is 0.310 e. The van der Waals surface area contributed by atoms with Crippen molar-refractivity contribution in [1.82, 2.24) is 5.32 Å². The highest BCUT2D eigenvalue weighted by Gasteiger charge is 2.09. The molecule has 1 unspecified atom stereocenters. The van der Waals surface area contributed by atoms with E-state index in [0.29, 0.717) is 6.04 Å². The van der Waals surface area contributed by atoms with Crippen LogP contribution in [0, 0.1) is 19.3 Å². The Bertz CT molecular complexity index is 362. The van der Waals surface area contributed by atoms with Gasteiger partial charge in [0.25, 0.3) is 0 Å². The minimum absolute atomic E-state index is 0.447. The molecule has 92 valence electrons. The number of hydrogen-bond donors (Lipinski definition) is 1. The third kappa shape index (κ3) is 5.06. The maximum atomic E-state index is 5.31. The topological polar surface area (TPSA) is 12.0 Å². The van der Waals surface area contributed by atoms with Crippen LogP contribution in [0.5, 0.6) is 0 Å². The molecule has 1 nitrogen and oxygen atoms in total. The third-order valence-corrected chi connectivity index (χ3v) is 2.90. The van der Waals surface area contributed by atoms with Crippen molar-refractivity contribution in [1.29, 1.82) is 0 Å². The van der Waals surface area contributed by atoms with Crippen LogP contribution in [-0.2, 0) is 0 Å². The van der Waals surface area contributed by atoms with Crippen molar-refractivity contribution in [3.05, 3.63) is 35.4 Å². The molecule has 0 amide bonds. The summed E-state index contributed by atoms with van der Waals surface area (Å²) in [5, 5.41) is 3.60. The maximum Gasteiger partial charge on any atom is 0.0320 e. The molecule has 1 atom stereocenters. The molecule has 1 aromatic carbocycles. The van der Waals surface area contributed by atoms with E-state index in [2.05, 4.69) is 49.4 Å². The number of aryl methyl sites for hydroxylation is 1. The van der Waals surface area contributed by atoms with Gasteiger partial charge >= 0.3 is 0 Å². The molecule has 1 heteroatoms. The SMILES string of the molecule is C#CCCCC(NCCC)c1cccc(C)c1. The summed E-state index contributed by atoms with van der Waals surface area (Å²) < 4.78 is 0. The van der Waals surface area contributed by atoms with Crippen molar-refractivity contribution in [3.63, 3.8) is 0 Å². The number of benzene rings is 1. The van der Waals surface area contributed by atoms with Gasteiger partial charge in [-0.15, -0.1) is 12.3 Å². The summed E-state index contributed by atoms with van der Waals surface area (Å²) >= 11 is 0. The normalized spacial score (nSPS) is 12.1. The second-order valence-electron chi connectivity index (χ2n) is 4.52. The summed E-state index contributed by atoms with van der Waals surface area (Å²) in [6, 6.07) is 9.19. The first-order chi connectivity index (χ1) is 8.27. The molecular weight excluding hydrogens is 206 g/mol. The van der Waals surface area contributed by atoms with Gasteiger partial charge in [-0.3, -0.25) is 0 Å². The van der Waals surface area contributed by atoms with Gasteiger partial charge in [0, 0.05) is 12.5 Å². The smallest absolute Gasteiger partial charge is 0.0320 e. The van der Waals surface area contributed by atoms with E-state index in [9.17, 15) is 0 Å². The van der Waals surface area contributed by atoms with Crippen molar-refractivity contribution in [3.8, 4) is 12.3 Å². The lowest BCUT2D eigenvalue weighted by atomic mass is 9.99. The average molecular weight is 229 g/mol. The first-order valence-electron chi connectivity index (χ1n) is 6.51. The Hall–Kier alpha value is -1.26. The summed E-state index contributed by atoms with van der Waals surface area (Å²) in [5.41, 5.74) is 2.71. The first kappa shape index (κ1) is 13.8. The van der Waals surface area contributed by atoms with Crippen molar-refractivity contribution in [2.24, 2.45) is 0 Å². The van der Waals surface area contributed by atoms with Gasteiger partial charge in [-0.2, -0.15) is 0 Å². The molecule has 0 spiro atoms. The van der Waals surface area contributed by atoms with Gasteiger partial charge in [0.05, 0.1) is 0 Å². The van der Waals surface area contributed by atoms with E-state index in [-0.39, 0.29) is 0 Å². The Morgan fingerprint density at radius 2 is 2.24 bits per heavy atom. The zero-order chi connectivity index (χ0) is 12.5. The lowest BCUT2D eigenvalue weighted by Gasteiger charge is -2.19. The van der Waals surface area contributed by atoms with E-state index in [1.807, 2.05) is 0 Å². The summed E-state index contributed by atoms with van der Waals surface area (Å²) in [5.74, 6) is 2.71. The number of hydrogen-bond acceptors (Lipinski definition) is 1. The molecule has 0 aliphatic heterocycles. The van der Waals surface area contributed by atoms with Crippen molar-refractivity contribution >= 4 is 0 Å². The van der Waals surface area contributed by atoms with E-state index >= 15 is 0 Å². The quantitative estimate of drug-likeness (QED) is 0.553. The van der Waals surface area contributed by atoms with Crippen LogP contribution in [0.4, 0.5) is 0 Å². The van der Waals surface area contributed by atoms with E-state index in [1.54, 1.807) is 0 Å². The van der Waals surface area contributed by atoms with E-state index in [4.69, 9.17) is 6.42 Å². The standard InChI is InChI=1S/C16H23N/c1-4-6-7-11-16(17-12-5-2)15-10-8-9-14(3)13-15/h1,8-10,13,16-17H,5-7,11-12H2,2-3H3. The number of unbranched alkanes of at least 4 members (excludes halogenated alkanes) is 1. The molecule has 0 radical (unpaired) electrons. The second kappa shape index (κ2) is 7.92. The van der Waals surface area contributed by atoms with E-state index < -0.39 is 0 Å². The molecular formula is C16H23N. The molecule has 1 N–H and O–H groups in total. The fraction of sp³-hybridized carbons (Fsp3) is 0.500. The zero-order valence-electron chi connectivity index (χ0n) is 11.0. The molecule has 0 bridgehead atoms. The number of nitrogens with one attached hydrogen (secondary N) is 1. The monoisotopic (exact) mass is 229 g/mol. The summed E-state index contributed by atoms with van der Waals surface area (Å²) in [6.07, 6.45) is 9.55. The molecule has 1 aromatic rings. The van der Waals surface area contributed by atoms with Crippen LogP contribution in [-0.4, -0.2) is 6.54 Å². The molecule has 0 aliphatic carbocycles. The van der Waals surface area contributed by atoms with Crippen LogP contribution in [0.1, 0.15) is 49.8 Å². The molecule has 17 heavy (non-hydrogen) atoms. The van der Waals surface area contributed by atoms with Crippen LogP contribution < -0.4 is 5.32 Å². The highest BCUT2D eigenvalue weighted by Crippen LogP contribution is 2.20. The highest BCUT2D eigenvalue weighted by atomic mass is 14.9. The summed E-state index contributed by atoms with van der Waals surface area (Å²) in [7, 11) is 0. The fourth-order valence-electron chi connectivity index (χ4n) is 2.00. The summed E-state index contributed by atoms with van der Waals surface area (Å²) in [4.78, 5) is 0. The van der Waals surface area contributed by atoms with Crippen molar-refractivity contribution in [2.45, 2.75) is 45.6 Å². The third-order valence-electron chi connectivity index (χ3n) is 2.90. The van der Waals surface area contributed by atoms with Crippen LogP contribution in [0.25, 0.3) is 0 Å². The molecule has 0 fully saturated rings. The summed E-state index contributed by atoms with van der Waals surface area (Å²) in [6.45, 7) is 5.40. The second-order valence-corrected chi connectivity index (χ2v) is 4.52. The molecule has 0 aromatic heterocycles. The number of rotatable bonds is 7. The van der Waals surface area contributed by atoms with Crippen LogP contribution in [0.2, 0.25) is 0 Å². The lowest BCUT2D eigenvalue weighted by Crippen LogP contribution is -2.22. The van der Waals surface area contributed by atoms with Gasteiger partial charge in [0.2, 0.25) is 0 Å². The predicted molar refractivity (Wildman–Crippen MR) is 74.9 cm³/mol. The molecule has 0 saturated carbocycles. The average Bonchev–Trinajstić information content (AvgIpc) is 2.33. The van der Waals surface area contributed by atoms with E-state index in [1.165, 1.54) is 11.1 Å². The number of terminal acetylenes is 1. The molecule has 0 saturated heterocycles.